The lowest BCUT2D eigenvalue weighted by molar-refractivity contribution is -0.110. The number of rotatable bonds is 8. The first kappa shape index (κ1) is 19.0. The van der Waals surface area contributed by atoms with E-state index in [4.69, 9.17) is 4.74 Å². The number of nitrogens with one attached hydrogen (secondary N) is 1. The maximum absolute atomic E-state index is 12.7. The fraction of sp³-hybridized carbons (Fsp3) is 0.364. The van der Waals surface area contributed by atoms with Crippen LogP contribution in [-0.2, 0) is 4.79 Å². The van der Waals surface area contributed by atoms with Gasteiger partial charge in [-0.25, -0.2) is 0 Å². The summed E-state index contributed by atoms with van der Waals surface area (Å²) in [5.41, 5.74) is 2.52. The van der Waals surface area contributed by atoms with Crippen LogP contribution in [0.1, 0.15) is 44.2 Å². The average molecular weight is 365 g/mol. The number of unbranched alkanes of at least 4 members (excludes halogenated alkanes) is 2. The fourth-order valence-electron chi connectivity index (χ4n) is 3.26. The van der Waals surface area contributed by atoms with Crippen LogP contribution in [0.4, 0.5) is 5.69 Å². The van der Waals surface area contributed by atoms with Gasteiger partial charge in [0, 0.05) is 18.7 Å². The van der Waals surface area contributed by atoms with Gasteiger partial charge in [-0.1, -0.05) is 50.1 Å². The third-order valence-corrected chi connectivity index (χ3v) is 4.78. The number of methoxy groups -OCH3 is 1. The van der Waals surface area contributed by atoms with Gasteiger partial charge in [-0.05, 0) is 36.2 Å². The molecule has 1 amide bonds. The number of hydrogen-bond acceptors (Lipinski definition) is 4. The quantitative estimate of drug-likeness (QED) is 0.694. The molecule has 5 nitrogen and oxygen atoms in total. The van der Waals surface area contributed by atoms with Gasteiger partial charge in [0.25, 0.3) is 5.91 Å². The van der Waals surface area contributed by atoms with Crippen molar-refractivity contribution in [3.8, 4) is 5.75 Å². The zero-order valence-electron chi connectivity index (χ0n) is 16.0. The van der Waals surface area contributed by atoms with Gasteiger partial charge in [0.1, 0.15) is 11.5 Å². The van der Waals surface area contributed by atoms with E-state index in [-0.39, 0.29) is 11.9 Å². The fourth-order valence-corrected chi connectivity index (χ4v) is 3.26. The third-order valence-electron chi connectivity index (χ3n) is 4.78. The van der Waals surface area contributed by atoms with Crippen molar-refractivity contribution >= 4 is 17.3 Å². The van der Waals surface area contributed by atoms with Crippen LogP contribution in [-0.4, -0.2) is 30.3 Å². The minimum Gasteiger partial charge on any atom is -0.497 e. The molecule has 1 N–H and O–H groups in total. The molecule has 0 fully saturated rings. The van der Waals surface area contributed by atoms with Crippen molar-refractivity contribution in [2.75, 3.05) is 19.0 Å². The Morgan fingerprint density at radius 3 is 2.56 bits per heavy atom. The van der Waals surface area contributed by atoms with Gasteiger partial charge in [0.15, 0.2) is 0 Å². The molecule has 27 heavy (non-hydrogen) atoms. The number of nitrogens with zero attached hydrogens (tertiary/aromatic N) is 2. The summed E-state index contributed by atoms with van der Waals surface area (Å²) in [5, 5.41) is 9.68. The van der Waals surface area contributed by atoms with Crippen LogP contribution in [0.15, 0.2) is 59.7 Å². The standard InChI is InChI=1S/C22H27N3O2/c1-3-4-8-15-25-21(17-9-6-5-7-10-17)16-20(24-25)22(26)23-18-11-13-19(27-2)14-12-18/h5-7,9-14,21H,3-4,8,15-16H2,1-2H3,(H,23,26). The van der Waals surface area contributed by atoms with Gasteiger partial charge in [-0.15, -0.1) is 0 Å². The molecule has 2 aromatic carbocycles. The summed E-state index contributed by atoms with van der Waals surface area (Å²) in [5.74, 6) is 0.622. The number of anilines is 1. The van der Waals surface area contributed by atoms with E-state index in [1.165, 1.54) is 18.4 Å². The van der Waals surface area contributed by atoms with Crippen LogP contribution in [0.5, 0.6) is 5.75 Å². The van der Waals surface area contributed by atoms with E-state index in [1.807, 2.05) is 42.5 Å². The maximum Gasteiger partial charge on any atom is 0.271 e. The number of hydrogen-bond donors (Lipinski definition) is 1. The molecule has 1 heterocycles. The summed E-state index contributed by atoms with van der Waals surface area (Å²) < 4.78 is 5.15. The van der Waals surface area contributed by atoms with E-state index in [1.54, 1.807) is 7.11 Å². The van der Waals surface area contributed by atoms with Crippen LogP contribution < -0.4 is 10.1 Å². The molecule has 0 aliphatic carbocycles. The lowest BCUT2D eigenvalue weighted by Gasteiger charge is -2.23. The van der Waals surface area contributed by atoms with Crippen molar-refractivity contribution in [3.05, 3.63) is 60.2 Å². The van der Waals surface area contributed by atoms with Crippen LogP contribution >= 0.6 is 0 Å². The molecule has 0 saturated carbocycles. The summed E-state index contributed by atoms with van der Waals surface area (Å²) >= 11 is 0. The minimum atomic E-state index is -0.140. The Balaban J connectivity index is 1.71. The Morgan fingerprint density at radius 2 is 1.89 bits per heavy atom. The first-order valence-corrected chi connectivity index (χ1v) is 9.55. The SMILES string of the molecule is CCCCCN1N=C(C(=O)Nc2ccc(OC)cc2)CC1c1ccccc1. The number of amides is 1. The van der Waals surface area contributed by atoms with Crippen molar-refractivity contribution in [1.82, 2.24) is 5.01 Å². The van der Waals surface area contributed by atoms with Gasteiger partial charge in [-0.2, -0.15) is 5.10 Å². The molecule has 1 unspecified atom stereocenters. The van der Waals surface area contributed by atoms with Crippen molar-refractivity contribution in [2.24, 2.45) is 5.10 Å². The molecule has 0 aromatic heterocycles. The Bertz CT molecular complexity index is 772. The second kappa shape index (κ2) is 9.21. The zero-order chi connectivity index (χ0) is 19.1. The number of carbonyl (C=O) groups excluding carboxylic acids is 1. The van der Waals surface area contributed by atoms with E-state index in [0.29, 0.717) is 12.1 Å². The van der Waals surface area contributed by atoms with E-state index >= 15 is 0 Å². The van der Waals surface area contributed by atoms with Crippen molar-refractivity contribution < 1.29 is 9.53 Å². The van der Waals surface area contributed by atoms with Gasteiger partial charge in [0.05, 0.1) is 13.2 Å². The highest BCUT2D eigenvalue weighted by atomic mass is 16.5. The molecular formula is C22H27N3O2. The normalized spacial score (nSPS) is 16.1. The summed E-state index contributed by atoms with van der Waals surface area (Å²) in [4.78, 5) is 12.7. The Kier molecular flexibility index (Phi) is 6.47. The van der Waals surface area contributed by atoms with Crippen molar-refractivity contribution in [1.29, 1.82) is 0 Å². The highest BCUT2D eigenvalue weighted by Gasteiger charge is 2.31. The second-order valence-corrected chi connectivity index (χ2v) is 6.73. The predicted octanol–water partition coefficient (Wildman–Crippen LogP) is 4.63. The molecule has 0 bridgehead atoms. The molecule has 1 aliphatic heterocycles. The van der Waals surface area contributed by atoms with E-state index in [0.717, 1.165) is 24.4 Å². The predicted molar refractivity (Wildman–Crippen MR) is 109 cm³/mol. The highest BCUT2D eigenvalue weighted by molar-refractivity contribution is 6.43. The van der Waals surface area contributed by atoms with Crippen LogP contribution in [0.3, 0.4) is 0 Å². The molecule has 0 spiro atoms. The molecule has 1 atom stereocenters. The van der Waals surface area contributed by atoms with Crippen LogP contribution in [0.2, 0.25) is 0 Å². The van der Waals surface area contributed by atoms with Gasteiger partial charge >= 0.3 is 0 Å². The molecule has 1 aliphatic rings. The van der Waals surface area contributed by atoms with Gasteiger partial charge in [-0.3, -0.25) is 9.80 Å². The molecule has 2 aromatic rings. The minimum absolute atomic E-state index is 0.125. The Hall–Kier alpha value is -2.82. The monoisotopic (exact) mass is 365 g/mol. The van der Waals surface area contributed by atoms with Crippen molar-refractivity contribution in [2.45, 2.75) is 38.6 Å². The lowest BCUT2D eigenvalue weighted by Crippen LogP contribution is -2.22. The average Bonchev–Trinajstić information content (AvgIpc) is 3.14. The van der Waals surface area contributed by atoms with Gasteiger partial charge in [0.2, 0.25) is 0 Å². The molecule has 0 radical (unpaired) electrons. The first-order valence-electron chi connectivity index (χ1n) is 9.55. The largest absolute Gasteiger partial charge is 0.497 e. The molecule has 142 valence electrons. The van der Waals surface area contributed by atoms with E-state index in [9.17, 15) is 4.79 Å². The highest BCUT2D eigenvalue weighted by Crippen LogP contribution is 2.31. The van der Waals surface area contributed by atoms with E-state index in [2.05, 4.69) is 34.5 Å². The summed E-state index contributed by atoms with van der Waals surface area (Å²) in [6.45, 7) is 3.06. The number of carbonyl (C=O) groups is 1. The smallest absolute Gasteiger partial charge is 0.271 e. The Labute approximate surface area is 161 Å². The summed E-state index contributed by atoms with van der Waals surface area (Å²) in [6, 6.07) is 17.8. The molecule has 3 rings (SSSR count). The second-order valence-electron chi connectivity index (χ2n) is 6.73. The zero-order valence-corrected chi connectivity index (χ0v) is 16.0. The van der Waals surface area contributed by atoms with Crippen LogP contribution in [0, 0.1) is 0 Å². The summed E-state index contributed by atoms with van der Waals surface area (Å²) in [6.07, 6.45) is 4.04. The van der Waals surface area contributed by atoms with Crippen molar-refractivity contribution in [3.63, 3.8) is 0 Å². The van der Waals surface area contributed by atoms with Crippen LogP contribution in [0.25, 0.3) is 0 Å². The Morgan fingerprint density at radius 1 is 1.15 bits per heavy atom. The number of ether oxygens (including phenoxy) is 1. The lowest BCUT2D eigenvalue weighted by atomic mass is 10.0. The number of benzene rings is 2. The molecule has 5 heteroatoms. The number of hydrazone groups is 1. The topological polar surface area (TPSA) is 53.9 Å². The third kappa shape index (κ3) is 4.88. The first-order chi connectivity index (χ1) is 13.2. The maximum atomic E-state index is 12.7. The molecular weight excluding hydrogens is 338 g/mol. The summed E-state index contributed by atoms with van der Waals surface area (Å²) in [7, 11) is 1.62. The molecule has 0 saturated heterocycles. The van der Waals surface area contributed by atoms with Gasteiger partial charge < -0.3 is 10.1 Å². The van der Waals surface area contributed by atoms with E-state index < -0.39 is 0 Å².